The van der Waals surface area contributed by atoms with Gasteiger partial charge in [0.1, 0.15) is 5.58 Å². The maximum atomic E-state index is 11.9. The van der Waals surface area contributed by atoms with Gasteiger partial charge in [-0.05, 0) is 12.1 Å². The summed E-state index contributed by atoms with van der Waals surface area (Å²) in [5.41, 5.74) is 3.30. The highest BCUT2D eigenvalue weighted by molar-refractivity contribution is 8.15. The van der Waals surface area contributed by atoms with Gasteiger partial charge in [-0.2, -0.15) is 0 Å². The van der Waals surface area contributed by atoms with Crippen LogP contribution in [0.15, 0.2) is 51.2 Å². The molecule has 0 atom stereocenters. The fourth-order valence-corrected chi connectivity index (χ4v) is 2.47. The van der Waals surface area contributed by atoms with Gasteiger partial charge in [0, 0.05) is 5.39 Å². The summed E-state index contributed by atoms with van der Waals surface area (Å²) in [5.74, 6) is 0.238. The zero-order valence-corrected chi connectivity index (χ0v) is 11.7. The zero-order valence-electron chi connectivity index (χ0n) is 10.9. The Kier molecular flexibility index (Phi) is 3.49. The van der Waals surface area contributed by atoms with Gasteiger partial charge < -0.3 is 9.73 Å². The number of thioether (sulfide) groups is 1. The molecule has 0 aliphatic carbocycles. The van der Waals surface area contributed by atoms with E-state index in [4.69, 9.17) is 4.42 Å². The Morgan fingerprint density at radius 1 is 1.38 bits per heavy atom. The highest BCUT2D eigenvalue weighted by Crippen LogP contribution is 2.16. The maximum absolute atomic E-state index is 11.9. The minimum absolute atomic E-state index is 0.101. The summed E-state index contributed by atoms with van der Waals surface area (Å²) >= 11 is 1.28. The minimum atomic E-state index is -0.491. The summed E-state index contributed by atoms with van der Waals surface area (Å²) in [6.07, 6.45) is 0. The minimum Gasteiger partial charge on any atom is -0.422 e. The molecule has 3 rings (SSSR count). The molecule has 1 aliphatic rings. The van der Waals surface area contributed by atoms with Crippen molar-refractivity contribution in [1.29, 1.82) is 0 Å². The van der Waals surface area contributed by atoms with Crippen LogP contribution in [0.4, 0.5) is 0 Å². The molecular formula is C14H11N3O3S. The number of fused-ring (bicyclic) bond motifs is 1. The normalized spacial score (nSPS) is 16.2. The molecule has 1 saturated heterocycles. The maximum Gasteiger partial charge on any atom is 0.345 e. The number of rotatable bonds is 3. The molecule has 6 nitrogen and oxygen atoms in total. The highest BCUT2D eigenvalue weighted by Gasteiger charge is 2.16. The highest BCUT2D eigenvalue weighted by atomic mass is 32.2. The van der Waals surface area contributed by atoms with Crippen LogP contribution >= 0.6 is 11.8 Å². The van der Waals surface area contributed by atoms with Gasteiger partial charge >= 0.3 is 5.63 Å². The van der Waals surface area contributed by atoms with Crippen molar-refractivity contribution < 1.29 is 9.21 Å². The van der Waals surface area contributed by atoms with Crippen molar-refractivity contribution in [2.24, 2.45) is 5.10 Å². The Hall–Kier alpha value is -2.54. The van der Waals surface area contributed by atoms with Crippen LogP contribution in [0.25, 0.3) is 16.7 Å². The average molecular weight is 301 g/mol. The number of amides is 1. The molecule has 1 aromatic heterocycles. The van der Waals surface area contributed by atoms with Crippen LogP contribution in [-0.4, -0.2) is 16.8 Å². The molecule has 106 valence electrons. The number of nitrogens with zero attached hydrogens (tertiary/aromatic N) is 1. The molecule has 2 heterocycles. The number of hydrazone groups is 1. The van der Waals surface area contributed by atoms with Crippen LogP contribution in [0.2, 0.25) is 0 Å². The molecule has 2 aromatic rings. The van der Waals surface area contributed by atoms with Crippen LogP contribution in [-0.2, 0) is 4.79 Å². The van der Waals surface area contributed by atoms with Crippen LogP contribution in [0.3, 0.4) is 0 Å². The Bertz CT molecular complexity index is 826. The molecule has 1 aliphatic heterocycles. The fraction of sp³-hybridized carbons (Fsp3) is 0.0714. The van der Waals surface area contributed by atoms with Crippen molar-refractivity contribution in [3.05, 3.63) is 52.9 Å². The Morgan fingerprint density at radius 3 is 2.95 bits per heavy atom. The van der Waals surface area contributed by atoms with E-state index < -0.39 is 5.63 Å². The van der Waals surface area contributed by atoms with Crippen molar-refractivity contribution in [1.82, 2.24) is 10.7 Å². The van der Waals surface area contributed by atoms with Crippen molar-refractivity contribution in [3.63, 3.8) is 0 Å². The quantitative estimate of drug-likeness (QED) is 0.663. The van der Waals surface area contributed by atoms with Crippen molar-refractivity contribution in [3.8, 4) is 0 Å². The van der Waals surface area contributed by atoms with Crippen molar-refractivity contribution >= 4 is 39.5 Å². The molecule has 7 heteroatoms. The summed E-state index contributed by atoms with van der Waals surface area (Å²) in [6.45, 7) is 3.77. The van der Waals surface area contributed by atoms with Gasteiger partial charge in [-0.1, -0.05) is 36.5 Å². The van der Waals surface area contributed by atoms with Crippen LogP contribution < -0.4 is 16.4 Å². The third-order valence-electron chi connectivity index (χ3n) is 2.85. The molecule has 0 unspecified atom stereocenters. The first-order valence-electron chi connectivity index (χ1n) is 6.12. The lowest BCUT2D eigenvalue weighted by Gasteiger charge is -2.05. The molecule has 0 bridgehead atoms. The van der Waals surface area contributed by atoms with Gasteiger partial charge in [0.05, 0.1) is 17.0 Å². The van der Waals surface area contributed by atoms with Crippen LogP contribution in [0, 0.1) is 0 Å². The van der Waals surface area contributed by atoms with Gasteiger partial charge in [0.2, 0.25) is 5.91 Å². The van der Waals surface area contributed by atoms with Crippen molar-refractivity contribution in [2.75, 3.05) is 5.75 Å². The second-order valence-corrected chi connectivity index (χ2v) is 5.29. The Balaban J connectivity index is 1.86. The van der Waals surface area contributed by atoms with E-state index in [2.05, 4.69) is 22.4 Å². The summed E-state index contributed by atoms with van der Waals surface area (Å²) in [5, 5.41) is 7.81. The standard InChI is InChI=1S/C14H11N3O3S/c1-8(16-17-14-15-12(18)7-21-14)10-6-9-4-2-3-5-11(9)20-13(10)19/h2-6,16H,1,7H2,(H,15,17,18). The molecule has 0 saturated carbocycles. The fourth-order valence-electron chi connectivity index (χ4n) is 1.84. The monoisotopic (exact) mass is 301 g/mol. The van der Waals surface area contributed by atoms with E-state index in [0.29, 0.717) is 27.8 Å². The Labute approximate surface area is 123 Å². The SMILES string of the molecule is C=C(N/N=C1/NC(=O)CS1)c1cc2ccccc2oc1=O. The van der Waals surface area contributed by atoms with Gasteiger partial charge in [-0.3, -0.25) is 10.2 Å². The van der Waals surface area contributed by atoms with E-state index >= 15 is 0 Å². The van der Waals surface area contributed by atoms with E-state index in [0.717, 1.165) is 5.39 Å². The number of hydrogen-bond acceptors (Lipinski definition) is 6. The molecule has 0 spiro atoms. The summed E-state index contributed by atoms with van der Waals surface area (Å²) < 4.78 is 5.22. The van der Waals surface area contributed by atoms with E-state index in [-0.39, 0.29) is 5.91 Å². The summed E-state index contributed by atoms with van der Waals surface area (Å²) in [6, 6.07) is 8.91. The summed E-state index contributed by atoms with van der Waals surface area (Å²) in [4.78, 5) is 23.0. The predicted molar refractivity (Wildman–Crippen MR) is 82.7 cm³/mol. The van der Waals surface area contributed by atoms with Gasteiger partial charge in [-0.25, -0.2) is 4.79 Å². The molecule has 21 heavy (non-hydrogen) atoms. The first-order chi connectivity index (χ1) is 10.1. The lowest BCUT2D eigenvalue weighted by atomic mass is 10.1. The van der Waals surface area contributed by atoms with Crippen molar-refractivity contribution in [2.45, 2.75) is 0 Å². The number of carbonyl (C=O) groups is 1. The van der Waals surface area contributed by atoms with Gasteiger partial charge in [0.15, 0.2) is 5.17 Å². The van der Waals surface area contributed by atoms with E-state index in [9.17, 15) is 9.59 Å². The molecular weight excluding hydrogens is 290 g/mol. The molecule has 1 aromatic carbocycles. The number of benzene rings is 1. The summed E-state index contributed by atoms with van der Waals surface area (Å²) in [7, 11) is 0. The molecule has 0 radical (unpaired) electrons. The predicted octanol–water partition coefficient (Wildman–Crippen LogP) is 1.49. The topological polar surface area (TPSA) is 83.7 Å². The van der Waals surface area contributed by atoms with Crippen LogP contribution in [0.5, 0.6) is 0 Å². The number of hydrogen-bond donors (Lipinski definition) is 2. The first kappa shape index (κ1) is 13.4. The lowest BCUT2D eigenvalue weighted by Crippen LogP contribution is -2.22. The van der Waals surface area contributed by atoms with Gasteiger partial charge in [0.25, 0.3) is 0 Å². The van der Waals surface area contributed by atoms with Crippen LogP contribution in [0.1, 0.15) is 5.56 Å². The largest absolute Gasteiger partial charge is 0.422 e. The van der Waals surface area contributed by atoms with Gasteiger partial charge in [-0.15, -0.1) is 5.10 Å². The number of amidine groups is 1. The molecule has 2 N–H and O–H groups in total. The molecule has 1 fully saturated rings. The smallest absolute Gasteiger partial charge is 0.345 e. The average Bonchev–Trinajstić information content (AvgIpc) is 2.89. The molecule has 1 amide bonds. The Morgan fingerprint density at radius 2 is 2.19 bits per heavy atom. The van der Waals surface area contributed by atoms with E-state index in [1.54, 1.807) is 18.2 Å². The second-order valence-electron chi connectivity index (χ2n) is 4.33. The third kappa shape index (κ3) is 2.82. The number of para-hydroxylation sites is 1. The second kappa shape index (κ2) is 5.45. The number of nitrogens with one attached hydrogen (secondary N) is 2. The lowest BCUT2D eigenvalue weighted by molar-refractivity contribution is -0.116. The third-order valence-corrected chi connectivity index (χ3v) is 3.72. The zero-order chi connectivity index (χ0) is 14.8. The van der Waals surface area contributed by atoms with E-state index in [1.165, 1.54) is 11.8 Å². The first-order valence-corrected chi connectivity index (χ1v) is 7.10. The van der Waals surface area contributed by atoms with E-state index in [1.807, 2.05) is 12.1 Å². The number of carbonyl (C=O) groups excluding carboxylic acids is 1.